The van der Waals surface area contributed by atoms with Gasteiger partial charge in [0.1, 0.15) is 12.1 Å². The van der Waals surface area contributed by atoms with Crippen LogP contribution in [-0.4, -0.2) is 66.4 Å². The Balaban J connectivity index is 1.49. The molecule has 2 saturated heterocycles. The maximum atomic E-state index is 5.84. The van der Waals surface area contributed by atoms with Crippen molar-refractivity contribution in [2.24, 2.45) is 5.92 Å². The van der Waals surface area contributed by atoms with Crippen LogP contribution in [0.25, 0.3) is 0 Å². The monoisotopic (exact) mass is 334 g/mol. The molecule has 2 atom stereocenters. The molecule has 3 heterocycles. The summed E-state index contributed by atoms with van der Waals surface area (Å²) in [4.78, 5) is 13.5. The number of piperidine rings is 1. The quantitative estimate of drug-likeness (QED) is 0.823. The van der Waals surface area contributed by atoms with E-state index >= 15 is 0 Å². The zero-order valence-corrected chi connectivity index (χ0v) is 15.1. The van der Waals surface area contributed by atoms with Gasteiger partial charge >= 0.3 is 0 Å². The fourth-order valence-corrected chi connectivity index (χ4v) is 3.87. The van der Waals surface area contributed by atoms with Crippen LogP contribution in [0, 0.1) is 5.92 Å². The van der Waals surface area contributed by atoms with Crippen molar-refractivity contribution >= 4 is 5.82 Å². The van der Waals surface area contributed by atoms with Gasteiger partial charge in [0.25, 0.3) is 0 Å². The van der Waals surface area contributed by atoms with Crippen molar-refractivity contribution in [2.45, 2.75) is 45.8 Å². The van der Waals surface area contributed by atoms with Crippen LogP contribution in [0.5, 0.6) is 5.88 Å². The van der Waals surface area contributed by atoms with Crippen molar-refractivity contribution in [3.63, 3.8) is 0 Å². The highest BCUT2D eigenvalue weighted by Gasteiger charge is 2.27. The molecule has 6 heteroatoms. The van der Waals surface area contributed by atoms with E-state index in [0.29, 0.717) is 24.7 Å². The Morgan fingerprint density at radius 3 is 2.54 bits per heavy atom. The molecule has 134 valence electrons. The van der Waals surface area contributed by atoms with E-state index in [1.807, 2.05) is 13.0 Å². The molecule has 2 aliphatic rings. The lowest BCUT2D eigenvalue weighted by atomic mass is 9.95. The maximum Gasteiger partial charge on any atom is 0.218 e. The minimum absolute atomic E-state index is 0.354. The minimum atomic E-state index is 0.354. The van der Waals surface area contributed by atoms with Crippen molar-refractivity contribution in [3.8, 4) is 5.88 Å². The van der Waals surface area contributed by atoms with Gasteiger partial charge < -0.3 is 14.4 Å². The molecule has 2 aliphatic heterocycles. The molecule has 3 rings (SSSR count). The Labute approximate surface area is 145 Å². The van der Waals surface area contributed by atoms with Crippen molar-refractivity contribution in [1.29, 1.82) is 0 Å². The van der Waals surface area contributed by atoms with Crippen LogP contribution < -0.4 is 9.64 Å². The maximum absolute atomic E-state index is 5.84. The number of anilines is 1. The lowest BCUT2D eigenvalue weighted by molar-refractivity contribution is -0.0720. The highest BCUT2D eigenvalue weighted by atomic mass is 16.5. The summed E-state index contributed by atoms with van der Waals surface area (Å²) in [5.41, 5.74) is 0. The van der Waals surface area contributed by atoms with Crippen LogP contribution in [0.3, 0.4) is 0 Å². The molecule has 0 spiro atoms. The Kier molecular flexibility index (Phi) is 5.89. The Morgan fingerprint density at radius 1 is 1.17 bits per heavy atom. The molecule has 0 amide bonds. The zero-order chi connectivity index (χ0) is 16.9. The molecule has 1 aromatic rings. The Hall–Kier alpha value is -1.40. The molecule has 6 nitrogen and oxygen atoms in total. The van der Waals surface area contributed by atoms with E-state index in [1.165, 1.54) is 19.4 Å². The average molecular weight is 334 g/mol. The third-order valence-electron chi connectivity index (χ3n) is 4.87. The van der Waals surface area contributed by atoms with Crippen LogP contribution in [-0.2, 0) is 4.74 Å². The van der Waals surface area contributed by atoms with Gasteiger partial charge in [-0.3, -0.25) is 4.90 Å². The van der Waals surface area contributed by atoms with Gasteiger partial charge in [-0.2, -0.15) is 0 Å². The summed E-state index contributed by atoms with van der Waals surface area (Å²) in [5, 5.41) is 0. The fourth-order valence-electron chi connectivity index (χ4n) is 3.87. The first-order chi connectivity index (χ1) is 11.6. The summed E-state index contributed by atoms with van der Waals surface area (Å²) in [5.74, 6) is 2.42. The van der Waals surface area contributed by atoms with Gasteiger partial charge in [-0.25, -0.2) is 9.97 Å². The Morgan fingerprint density at radius 2 is 1.88 bits per heavy atom. The average Bonchev–Trinajstić information content (AvgIpc) is 2.55. The summed E-state index contributed by atoms with van der Waals surface area (Å²) < 4.78 is 11.3. The van der Waals surface area contributed by atoms with E-state index < -0.39 is 0 Å². The second-order valence-electron chi connectivity index (χ2n) is 7.05. The molecule has 0 radical (unpaired) electrons. The lowest BCUT2D eigenvalue weighted by Gasteiger charge is -2.39. The van der Waals surface area contributed by atoms with Gasteiger partial charge in [-0.1, -0.05) is 0 Å². The van der Waals surface area contributed by atoms with Crippen LogP contribution >= 0.6 is 0 Å². The molecule has 0 aliphatic carbocycles. The van der Waals surface area contributed by atoms with Crippen molar-refractivity contribution < 1.29 is 9.47 Å². The Bertz CT molecular complexity index is 509. The summed E-state index contributed by atoms with van der Waals surface area (Å²) in [6.45, 7) is 12.4. The second-order valence-corrected chi connectivity index (χ2v) is 7.05. The van der Waals surface area contributed by atoms with Crippen LogP contribution in [0.15, 0.2) is 12.4 Å². The van der Waals surface area contributed by atoms with Crippen LogP contribution in [0.1, 0.15) is 33.6 Å². The SMILES string of the molecule is CCOc1cc(N2CCC(CN3CC(C)OC(C)C3)CC2)ncn1. The van der Waals surface area contributed by atoms with Crippen LogP contribution in [0.2, 0.25) is 0 Å². The zero-order valence-electron chi connectivity index (χ0n) is 15.1. The van der Waals surface area contributed by atoms with Gasteiger partial charge in [-0.15, -0.1) is 0 Å². The summed E-state index contributed by atoms with van der Waals surface area (Å²) in [6, 6.07) is 1.95. The molecular weight excluding hydrogens is 304 g/mol. The number of hydrogen-bond donors (Lipinski definition) is 0. The molecule has 24 heavy (non-hydrogen) atoms. The van der Waals surface area contributed by atoms with Gasteiger partial charge in [-0.05, 0) is 39.5 Å². The summed E-state index contributed by atoms with van der Waals surface area (Å²) in [7, 11) is 0. The number of morpholine rings is 1. The first-order valence-electron chi connectivity index (χ1n) is 9.21. The highest BCUT2D eigenvalue weighted by molar-refractivity contribution is 5.41. The number of ether oxygens (including phenoxy) is 2. The molecule has 1 aromatic heterocycles. The number of rotatable bonds is 5. The molecule has 2 fully saturated rings. The van der Waals surface area contributed by atoms with E-state index in [2.05, 4.69) is 33.6 Å². The highest BCUT2D eigenvalue weighted by Crippen LogP contribution is 2.25. The standard InChI is InChI=1S/C18H30N4O2/c1-4-23-18-9-17(19-13-20-18)22-7-5-16(6-8-22)12-21-10-14(2)24-15(3)11-21/h9,13-16H,4-8,10-12H2,1-3H3. The predicted molar refractivity (Wildman–Crippen MR) is 94.6 cm³/mol. The first kappa shape index (κ1) is 17.4. The molecule has 0 aromatic carbocycles. The third-order valence-corrected chi connectivity index (χ3v) is 4.87. The van der Waals surface area contributed by atoms with Crippen molar-refractivity contribution in [3.05, 3.63) is 12.4 Å². The van der Waals surface area contributed by atoms with E-state index in [9.17, 15) is 0 Å². The van der Waals surface area contributed by atoms with Gasteiger partial charge in [0.05, 0.1) is 18.8 Å². The lowest BCUT2D eigenvalue weighted by Crippen LogP contribution is -2.48. The van der Waals surface area contributed by atoms with E-state index in [-0.39, 0.29) is 0 Å². The minimum Gasteiger partial charge on any atom is -0.478 e. The fraction of sp³-hybridized carbons (Fsp3) is 0.778. The number of hydrogen-bond acceptors (Lipinski definition) is 6. The number of aromatic nitrogens is 2. The largest absolute Gasteiger partial charge is 0.478 e. The smallest absolute Gasteiger partial charge is 0.218 e. The topological polar surface area (TPSA) is 50.7 Å². The molecule has 2 unspecified atom stereocenters. The van der Waals surface area contributed by atoms with E-state index in [0.717, 1.165) is 37.9 Å². The first-order valence-corrected chi connectivity index (χ1v) is 9.21. The van der Waals surface area contributed by atoms with Crippen LogP contribution in [0.4, 0.5) is 5.82 Å². The second kappa shape index (κ2) is 8.12. The van der Waals surface area contributed by atoms with Gasteiger partial charge in [0.2, 0.25) is 5.88 Å². The normalized spacial score (nSPS) is 26.5. The van der Waals surface area contributed by atoms with E-state index in [1.54, 1.807) is 6.33 Å². The van der Waals surface area contributed by atoms with Crippen molar-refractivity contribution in [1.82, 2.24) is 14.9 Å². The van der Waals surface area contributed by atoms with Gasteiger partial charge in [0.15, 0.2) is 0 Å². The number of nitrogens with zero attached hydrogens (tertiary/aromatic N) is 4. The summed E-state index contributed by atoms with van der Waals surface area (Å²) in [6.07, 6.45) is 4.74. The third kappa shape index (κ3) is 4.57. The molecule has 0 N–H and O–H groups in total. The van der Waals surface area contributed by atoms with Crippen molar-refractivity contribution in [2.75, 3.05) is 44.2 Å². The molecule has 0 saturated carbocycles. The van der Waals surface area contributed by atoms with E-state index in [4.69, 9.17) is 9.47 Å². The molecular formula is C18H30N4O2. The summed E-state index contributed by atoms with van der Waals surface area (Å²) >= 11 is 0. The molecule has 0 bridgehead atoms. The van der Waals surface area contributed by atoms with Gasteiger partial charge in [0, 0.05) is 38.8 Å². The predicted octanol–water partition coefficient (Wildman–Crippen LogP) is 2.20.